The molecule has 1 aliphatic heterocycles. The van der Waals surface area contributed by atoms with Crippen LogP contribution in [0, 0.1) is 12.7 Å². The number of carbonyl (C=O) groups is 1. The van der Waals surface area contributed by atoms with Crippen molar-refractivity contribution in [1.82, 2.24) is 35.1 Å². The number of hydrogen-bond acceptors (Lipinski definition) is 9. The summed E-state index contributed by atoms with van der Waals surface area (Å²) in [6, 6.07) is 10.3. The van der Waals surface area contributed by atoms with E-state index in [1.54, 1.807) is 54.0 Å². The number of H-pyrrole nitrogens is 1. The van der Waals surface area contributed by atoms with Crippen molar-refractivity contribution in [2.45, 2.75) is 6.92 Å². The lowest BCUT2D eigenvalue weighted by Crippen LogP contribution is -2.47. The van der Waals surface area contributed by atoms with E-state index in [4.69, 9.17) is 14.6 Å². The van der Waals surface area contributed by atoms with Crippen molar-refractivity contribution < 1.29 is 23.8 Å². The molecule has 3 aromatic heterocycles. The number of methoxy groups -OCH3 is 1. The van der Waals surface area contributed by atoms with Crippen molar-refractivity contribution in [3.8, 4) is 28.6 Å². The number of carbonyl (C=O) groups excluding carboxylic acids is 1. The van der Waals surface area contributed by atoms with Gasteiger partial charge >= 0.3 is 6.01 Å². The number of imidazole rings is 1. The second-order valence-electron chi connectivity index (χ2n) is 9.01. The van der Waals surface area contributed by atoms with Crippen molar-refractivity contribution >= 4 is 27.8 Å². The Bertz CT molecular complexity index is 1650. The molecular weight excluding hydrogens is 517 g/mol. The Kier molecular flexibility index (Phi) is 8.08. The number of aryl methyl sites for hydroxylation is 1. The number of benzene rings is 2. The Labute approximate surface area is 229 Å². The van der Waals surface area contributed by atoms with Gasteiger partial charge in [0.1, 0.15) is 23.9 Å². The number of aliphatic hydroxyl groups is 1. The van der Waals surface area contributed by atoms with Crippen LogP contribution in [0.2, 0.25) is 0 Å². The van der Waals surface area contributed by atoms with Crippen LogP contribution in [0.1, 0.15) is 5.69 Å². The Morgan fingerprint density at radius 3 is 2.67 bits per heavy atom. The Morgan fingerprint density at radius 1 is 1.10 bits per heavy atom. The quantitative estimate of drug-likeness (QED) is 0.304. The highest BCUT2D eigenvalue weighted by Crippen LogP contribution is 2.37. The Hall–Kier alpha value is -4.68. The third-order valence-electron chi connectivity index (χ3n) is 6.39. The summed E-state index contributed by atoms with van der Waals surface area (Å²) in [5.41, 5.74) is 3.81. The van der Waals surface area contributed by atoms with E-state index in [9.17, 15) is 9.18 Å². The molecule has 11 nitrogen and oxygen atoms in total. The van der Waals surface area contributed by atoms with Crippen LogP contribution in [0.4, 0.5) is 4.39 Å². The molecule has 0 radical (unpaired) electrons. The van der Waals surface area contributed by atoms with Crippen LogP contribution >= 0.6 is 0 Å². The van der Waals surface area contributed by atoms with Crippen LogP contribution < -0.4 is 14.8 Å². The van der Waals surface area contributed by atoms with E-state index in [2.05, 4.69) is 30.2 Å². The molecule has 0 aliphatic carbocycles. The summed E-state index contributed by atoms with van der Waals surface area (Å²) in [4.78, 5) is 32.5. The molecule has 2 aromatic carbocycles. The Morgan fingerprint density at radius 2 is 1.93 bits per heavy atom. The average molecular weight is 546 g/mol. The number of piperazine rings is 1. The number of halogens is 1. The van der Waals surface area contributed by atoms with Crippen LogP contribution in [0.15, 0.2) is 55.1 Å². The van der Waals surface area contributed by atoms with Crippen molar-refractivity contribution in [1.29, 1.82) is 0 Å². The van der Waals surface area contributed by atoms with Gasteiger partial charge in [0.05, 0.1) is 36.2 Å². The lowest BCUT2D eigenvalue weighted by Gasteiger charge is -2.26. The molecule has 1 saturated heterocycles. The van der Waals surface area contributed by atoms with E-state index in [1.807, 2.05) is 6.92 Å². The van der Waals surface area contributed by atoms with Crippen LogP contribution in [0.25, 0.3) is 33.1 Å². The van der Waals surface area contributed by atoms with Gasteiger partial charge in [-0.1, -0.05) is 0 Å². The summed E-state index contributed by atoms with van der Waals surface area (Å²) in [5.74, 6) is 0.375. The van der Waals surface area contributed by atoms with Crippen molar-refractivity contribution in [2.75, 3.05) is 39.9 Å². The van der Waals surface area contributed by atoms with E-state index in [-0.39, 0.29) is 18.5 Å². The first-order valence-electron chi connectivity index (χ1n) is 12.6. The summed E-state index contributed by atoms with van der Waals surface area (Å²) in [6.45, 7) is 4.61. The maximum absolute atomic E-state index is 15.0. The molecular formula is C28H28FN7O4. The van der Waals surface area contributed by atoms with Gasteiger partial charge in [0.2, 0.25) is 5.91 Å². The number of hydrogen-bond donors (Lipinski definition) is 3. The van der Waals surface area contributed by atoms with Crippen molar-refractivity contribution in [2.24, 2.45) is 0 Å². The number of rotatable bonds is 5. The molecule has 40 heavy (non-hydrogen) atoms. The predicted molar refractivity (Wildman–Crippen MR) is 147 cm³/mol. The van der Waals surface area contributed by atoms with Gasteiger partial charge in [-0.15, -0.1) is 0 Å². The third-order valence-corrected chi connectivity index (χ3v) is 6.39. The molecule has 0 saturated carbocycles. The SMILES string of the molecule is COc1cc(Oc2nccc(C)n2)ccc1-c1cc2c(cc1F)ncc1[nH]cnc12.O=C(CO)N1CCNCC1. The van der Waals surface area contributed by atoms with E-state index >= 15 is 0 Å². The van der Waals surface area contributed by atoms with Crippen molar-refractivity contribution in [3.63, 3.8) is 0 Å². The summed E-state index contributed by atoms with van der Waals surface area (Å²) in [6.07, 6.45) is 4.86. The molecule has 1 aliphatic rings. The maximum Gasteiger partial charge on any atom is 0.322 e. The standard InChI is InChI=1S/C22H16FN5O2.C6H12N2O2/c1-12-5-6-24-22(28-12)30-13-3-4-14(20(7-13)29-2)15-8-16-18(9-17(15)23)25-10-19-21(16)27-11-26-19;9-5-6(10)8-3-1-7-2-4-8/h3-11H,1-2H3,(H,26,27);7,9H,1-5H2. The number of amides is 1. The third kappa shape index (κ3) is 5.82. The highest BCUT2D eigenvalue weighted by Gasteiger charge is 2.16. The van der Waals surface area contributed by atoms with Gasteiger partial charge in [0, 0.05) is 66.7 Å². The zero-order valence-electron chi connectivity index (χ0n) is 22.0. The topological polar surface area (TPSA) is 138 Å². The lowest BCUT2D eigenvalue weighted by atomic mass is 10.0. The second kappa shape index (κ2) is 12.0. The number of fused-ring (bicyclic) bond motifs is 3. The number of nitrogens with zero attached hydrogens (tertiary/aromatic N) is 5. The van der Waals surface area contributed by atoms with Crippen LogP contribution in [0.3, 0.4) is 0 Å². The number of aromatic nitrogens is 5. The van der Waals surface area contributed by atoms with E-state index in [1.165, 1.54) is 13.2 Å². The number of aromatic amines is 1. The van der Waals surface area contributed by atoms with Crippen LogP contribution in [0.5, 0.6) is 17.5 Å². The van der Waals surface area contributed by atoms with E-state index in [0.29, 0.717) is 28.1 Å². The number of aliphatic hydroxyl groups excluding tert-OH is 1. The molecule has 12 heteroatoms. The fraction of sp³-hybridized carbons (Fsp3) is 0.250. The molecule has 1 amide bonds. The highest BCUT2D eigenvalue weighted by atomic mass is 19.1. The minimum atomic E-state index is -0.404. The zero-order chi connectivity index (χ0) is 28.1. The zero-order valence-corrected chi connectivity index (χ0v) is 22.0. The van der Waals surface area contributed by atoms with E-state index in [0.717, 1.165) is 48.3 Å². The summed E-state index contributed by atoms with van der Waals surface area (Å²) in [7, 11) is 1.53. The van der Waals surface area contributed by atoms with Gasteiger partial charge in [-0.2, -0.15) is 0 Å². The normalized spacial score (nSPS) is 13.2. The molecule has 0 spiro atoms. The molecule has 0 bridgehead atoms. The van der Waals surface area contributed by atoms with Gasteiger partial charge < -0.3 is 29.8 Å². The minimum absolute atomic E-state index is 0.165. The number of ether oxygens (including phenoxy) is 2. The Balaban J connectivity index is 0.000000274. The fourth-order valence-corrected chi connectivity index (χ4v) is 4.37. The van der Waals surface area contributed by atoms with Crippen molar-refractivity contribution in [3.05, 3.63) is 66.6 Å². The predicted octanol–water partition coefficient (Wildman–Crippen LogP) is 3.23. The molecule has 0 atom stereocenters. The summed E-state index contributed by atoms with van der Waals surface area (Å²) < 4.78 is 26.2. The van der Waals surface area contributed by atoms with Gasteiger partial charge in [-0.3, -0.25) is 9.78 Å². The molecule has 6 rings (SSSR count). The lowest BCUT2D eigenvalue weighted by molar-refractivity contribution is -0.134. The van der Waals surface area contributed by atoms with Gasteiger partial charge in [-0.05, 0) is 31.2 Å². The minimum Gasteiger partial charge on any atom is -0.496 e. The molecule has 0 unspecified atom stereocenters. The highest BCUT2D eigenvalue weighted by molar-refractivity contribution is 6.03. The smallest absolute Gasteiger partial charge is 0.322 e. The van der Waals surface area contributed by atoms with Crippen LogP contribution in [-0.2, 0) is 4.79 Å². The van der Waals surface area contributed by atoms with E-state index < -0.39 is 5.82 Å². The number of nitrogens with one attached hydrogen (secondary N) is 2. The molecule has 4 heterocycles. The monoisotopic (exact) mass is 545 g/mol. The molecule has 1 fully saturated rings. The average Bonchev–Trinajstić information content (AvgIpc) is 3.47. The first kappa shape index (κ1) is 26.9. The summed E-state index contributed by atoms with van der Waals surface area (Å²) in [5, 5.41) is 12.3. The second-order valence-corrected chi connectivity index (χ2v) is 9.01. The first-order valence-corrected chi connectivity index (χ1v) is 12.6. The fourth-order valence-electron chi connectivity index (χ4n) is 4.37. The van der Waals surface area contributed by atoms with Gasteiger partial charge in [0.15, 0.2) is 0 Å². The largest absolute Gasteiger partial charge is 0.496 e. The first-order chi connectivity index (χ1) is 19.5. The van der Waals surface area contributed by atoms with Gasteiger partial charge in [0.25, 0.3) is 0 Å². The maximum atomic E-state index is 15.0. The number of pyridine rings is 1. The van der Waals surface area contributed by atoms with Gasteiger partial charge in [-0.25, -0.2) is 19.3 Å². The molecule has 5 aromatic rings. The molecule has 3 N–H and O–H groups in total. The van der Waals surface area contributed by atoms with Crippen LogP contribution in [-0.4, -0.2) is 80.7 Å². The summed E-state index contributed by atoms with van der Waals surface area (Å²) >= 11 is 0. The molecule has 206 valence electrons.